The van der Waals surface area contributed by atoms with E-state index >= 15 is 0 Å². The van der Waals surface area contributed by atoms with Crippen LogP contribution in [0.25, 0.3) is 17.1 Å². The molecule has 0 aliphatic heterocycles. The molecule has 3 rings (SSSR count). The van der Waals surface area contributed by atoms with Crippen LogP contribution in [0.4, 0.5) is 0 Å². The Balaban J connectivity index is 1.99. The predicted molar refractivity (Wildman–Crippen MR) is 79.9 cm³/mol. The summed E-state index contributed by atoms with van der Waals surface area (Å²) in [4.78, 5) is 8.63. The van der Waals surface area contributed by atoms with Crippen molar-refractivity contribution < 1.29 is 9.47 Å². The minimum atomic E-state index is 0.585. The third-order valence-electron chi connectivity index (χ3n) is 3.20. The summed E-state index contributed by atoms with van der Waals surface area (Å²) < 4.78 is 12.3. The largest absolute Gasteiger partial charge is 0.497 e. The highest BCUT2D eigenvalue weighted by molar-refractivity contribution is 5.58. The van der Waals surface area contributed by atoms with Crippen LogP contribution in [0.15, 0.2) is 55.0 Å². The summed E-state index contributed by atoms with van der Waals surface area (Å²) in [7, 11) is 3.25. The van der Waals surface area contributed by atoms with E-state index in [-0.39, 0.29) is 0 Å². The predicted octanol–water partition coefficient (Wildman–Crippen LogP) is 2.95. The number of pyridine rings is 1. The standard InChI is InChI=1S/C16H15N3O2/c1-20-14-6-4-13(5-7-14)19-10-9-17-16(19)12-3-8-15(21-2)18-11-12/h3-11H,1-2H3. The highest BCUT2D eigenvalue weighted by atomic mass is 16.5. The number of hydrogen-bond donors (Lipinski definition) is 0. The van der Waals surface area contributed by atoms with Gasteiger partial charge in [0, 0.05) is 35.9 Å². The van der Waals surface area contributed by atoms with E-state index < -0.39 is 0 Å². The first kappa shape index (κ1) is 13.2. The van der Waals surface area contributed by atoms with Crippen molar-refractivity contribution in [2.75, 3.05) is 14.2 Å². The number of benzene rings is 1. The van der Waals surface area contributed by atoms with Crippen LogP contribution in [0.5, 0.6) is 11.6 Å². The van der Waals surface area contributed by atoms with E-state index in [1.165, 1.54) is 0 Å². The van der Waals surface area contributed by atoms with Crippen molar-refractivity contribution in [1.82, 2.24) is 14.5 Å². The van der Waals surface area contributed by atoms with E-state index in [2.05, 4.69) is 9.97 Å². The van der Waals surface area contributed by atoms with Crippen LogP contribution < -0.4 is 9.47 Å². The van der Waals surface area contributed by atoms with E-state index in [0.29, 0.717) is 5.88 Å². The van der Waals surface area contributed by atoms with Crippen LogP contribution in [-0.4, -0.2) is 28.8 Å². The van der Waals surface area contributed by atoms with Gasteiger partial charge in [0.15, 0.2) is 0 Å². The number of nitrogens with zero attached hydrogens (tertiary/aromatic N) is 3. The summed E-state index contributed by atoms with van der Waals surface area (Å²) in [5.41, 5.74) is 1.94. The molecule has 3 aromatic rings. The summed E-state index contributed by atoms with van der Waals surface area (Å²) in [6, 6.07) is 11.6. The van der Waals surface area contributed by atoms with Gasteiger partial charge in [-0.3, -0.25) is 4.57 Å². The number of imidazole rings is 1. The fourth-order valence-corrected chi connectivity index (χ4v) is 2.10. The lowest BCUT2D eigenvalue weighted by Crippen LogP contribution is -1.97. The van der Waals surface area contributed by atoms with Gasteiger partial charge >= 0.3 is 0 Å². The molecule has 0 saturated carbocycles. The summed E-state index contributed by atoms with van der Waals surface area (Å²) in [6.45, 7) is 0. The summed E-state index contributed by atoms with van der Waals surface area (Å²) in [5.74, 6) is 2.24. The quantitative estimate of drug-likeness (QED) is 0.737. The second kappa shape index (κ2) is 5.66. The fourth-order valence-electron chi connectivity index (χ4n) is 2.10. The minimum Gasteiger partial charge on any atom is -0.497 e. The average molecular weight is 281 g/mol. The second-order valence-electron chi connectivity index (χ2n) is 4.41. The third kappa shape index (κ3) is 2.58. The van der Waals surface area contributed by atoms with Gasteiger partial charge < -0.3 is 9.47 Å². The lowest BCUT2D eigenvalue weighted by molar-refractivity contribution is 0.398. The van der Waals surface area contributed by atoms with E-state index in [1.54, 1.807) is 26.6 Å². The van der Waals surface area contributed by atoms with Crippen molar-refractivity contribution >= 4 is 0 Å². The molecule has 2 heterocycles. The molecule has 0 radical (unpaired) electrons. The Kier molecular flexibility index (Phi) is 3.55. The third-order valence-corrected chi connectivity index (χ3v) is 3.20. The zero-order chi connectivity index (χ0) is 14.7. The zero-order valence-corrected chi connectivity index (χ0v) is 11.9. The molecule has 0 spiro atoms. The molecule has 0 N–H and O–H groups in total. The molecule has 0 aliphatic carbocycles. The molecule has 5 heteroatoms. The SMILES string of the molecule is COc1ccc(-n2ccnc2-c2ccc(OC)nc2)cc1. The smallest absolute Gasteiger partial charge is 0.212 e. The molecule has 0 aliphatic rings. The maximum atomic E-state index is 5.18. The molecule has 2 aromatic heterocycles. The maximum absolute atomic E-state index is 5.18. The lowest BCUT2D eigenvalue weighted by atomic mass is 10.2. The normalized spacial score (nSPS) is 10.4. The molecule has 0 bridgehead atoms. The molecular weight excluding hydrogens is 266 g/mol. The summed E-state index contributed by atoms with van der Waals surface area (Å²) in [5, 5.41) is 0. The molecule has 5 nitrogen and oxygen atoms in total. The summed E-state index contributed by atoms with van der Waals surface area (Å²) in [6.07, 6.45) is 5.44. The molecule has 21 heavy (non-hydrogen) atoms. The molecule has 106 valence electrons. The molecule has 1 aromatic carbocycles. The first-order chi connectivity index (χ1) is 10.3. The molecule has 0 unspecified atom stereocenters. The average Bonchev–Trinajstić information content (AvgIpc) is 3.04. The molecule has 0 fully saturated rings. The van der Waals surface area contributed by atoms with E-state index in [0.717, 1.165) is 22.8 Å². The van der Waals surface area contributed by atoms with Gasteiger partial charge in [0.1, 0.15) is 11.6 Å². The molecule has 0 saturated heterocycles. The van der Waals surface area contributed by atoms with Gasteiger partial charge in [0.05, 0.1) is 14.2 Å². The Morgan fingerprint density at radius 3 is 2.33 bits per heavy atom. The lowest BCUT2D eigenvalue weighted by Gasteiger charge is -2.09. The van der Waals surface area contributed by atoms with Gasteiger partial charge in [-0.1, -0.05) is 0 Å². The van der Waals surface area contributed by atoms with Crippen molar-refractivity contribution in [3.63, 3.8) is 0 Å². The van der Waals surface area contributed by atoms with Gasteiger partial charge in [-0.25, -0.2) is 9.97 Å². The minimum absolute atomic E-state index is 0.585. The highest BCUT2D eigenvalue weighted by Gasteiger charge is 2.08. The van der Waals surface area contributed by atoms with Gasteiger partial charge in [-0.2, -0.15) is 0 Å². The van der Waals surface area contributed by atoms with Gasteiger partial charge in [-0.15, -0.1) is 0 Å². The topological polar surface area (TPSA) is 49.2 Å². The Morgan fingerprint density at radius 2 is 1.71 bits per heavy atom. The van der Waals surface area contributed by atoms with Crippen molar-refractivity contribution in [3.05, 3.63) is 55.0 Å². The number of ether oxygens (including phenoxy) is 2. The summed E-state index contributed by atoms with van der Waals surface area (Å²) >= 11 is 0. The van der Waals surface area contributed by atoms with Gasteiger partial charge in [-0.05, 0) is 30.3 Å². The first-order valence-corrected chi connectivity index (χ1v) is 6.50. The fraction of sp³-hybridized carbons (Fsp3) is 0.125. The van der Waals surface area contributed by atoms with E-state index in [9.17, 15) is 0 Å². The van der Waals surface area contributed by atoms with E-state index in [1.807, 2.05) is 47.2 Å². The highest BCUT2D eigenvalue weighted by Crippen LogP contribution is 2.23. The maximum Gasteiger partial charge on any atom is 0.212 e. The second-order valence-corrected chi connectivity index (χ2v) is 4.41. The Hall–Kier alpha value is -2.82. The number of aromatic nitrogens is 3. The van der Waals surface area contributed by atoms with Crippen LogP contribution >= 0.6 is 0 Å². The van der Waals surface area contributed by atoms with Crippen molar-refractivity contribution in [1.29, 1.82) is 0 Å². The number of hydrogen-bond acceptors (Lipinski definition) is 4. The number of rotatable bonds is 4. The van der Waals surface area contributed by atoms with Crippen LogP contribution in [0.1, 0.15) is 0 Å². The molecule has 0 amide bonds. The van der Waals surface area contributed by atoms with Crippen LogP contribution in [0.3, 0.4) is 0 Å². The zero-order valence-electron chi connectivity index (χ0n) is 11.9. The first-order valence-electron chi connectivity index (χ1n) is 6.50. The monoisotopic (exact) mass is 281 g/mol. The Bertz CT molecular complexity index is 656. The van der Waals surface area contributed by atoms with Gasteiger partial charge in [0.2, 0.25) is 5.88 Å². The van der Waals surface area contributed by atoms with Crippen LogP contribution in [0, 0.1) is 0 Å². The van der Waals surface area contributed by atoms with Crippen molar-refractivity contribution in [2.24, 2.45) is 0 Å². The Morgan fingerprint density at radius 1 is 0.905 bits per heavy atom. The van der Waals surface area contributed by atoms with Crippen molar-refractivity contribution in [3.8, 4) is 28.7 Å². The Labute approximate surface area is 122 Å². The molecule has 0 atom stereocenters. The van der Waals surface area contributed by atoms with Crippen LogP contribution in [-0.2, 0) is 0 Å². The van der Waals surface area contributed by atoms with Crippen molar-refractivity contribution in [2.45, 2.75) is 0 Å². The van der Waals surface area contributed by atoms with Crippen LogP contribution in [0.2, 0.25) is 0 Å². The number of methoxy groups -OCH3 is 2. The molecular formula is C16H15N3O2. The van der Waals surface area contributed by atoms with Gasteiger partial charge in [0.25, 0.3) is 0 Å². The van der Waals surface area contributed by atoms with E-state index in [4.69, 9.17) is 9.47 Å².